The number of aromatic nitrogens is 2. The Labute approximate surface area is 182 Å². The Kier molecular flexibility index (Phi) is 5.57. The standard InChI is InChI=1S/C26H27N3O2/c1-2-30-21-15-13-18(14-16-21)22-23-25(29-20-11-7-4-8-12-20)27-17-28-26(23)31-24(22)19-9-5-3-6-10-19/h3,5-6,9-10,13-17,20H,2,4,7-8,11-12H2,1H3,(H,27,28,29). The van der Waals surface area contributed by atoms with Gasteiger partial charge in [-0.3, -0.25) is 0 Å². The number of hydrogen-bond donors (Lipinski definition) is 1. The molecule has 2 aromatic carbocycles. The first-order chi connectivity index (χ1) is 15.3. The lowest BCUT2D eigenvalue weighted by molar-refractivity contribution is 0.340. The summed E-state index contributed by atoms with van der Waals surface area (Å²) >= 11 is 0. The van der Waals surface area contributed by atoms with Gasteiger partial charge in [-0.25, -0.2) is 9.97 Å². The average molecular weight is 414 g/mol. The summed E-state index contributed by atoms with van der Waals surface area (Å²) in [7, 11) is 0. The normalized spacial score (nSPS) is 14.6. The number of benzene rings is 2. The molecule has 5 heteroatoms. The molecular formula is C26H27N3O2. The summed E-state index contributed by atoms with van der Waals surface area (Å²) in [5.74, 6) is 2.52. The molecular weight excluding hydrogens is 386 g/mol. The minimum atomic E-state index is 0.440. The van der Waals surface area contributed by atoms with Crippen molar-refractivity contribution in [1.82, 2.24) is 9.97 Å². The average Bonchev–Trinajstić information content (AvgIpc) is 3.22. The maximum absolute atomic E-state index is 6.32. The van der Waals surface area contributed by atoms with Gasteiger partial charge in [0.1, 0.15) is 23.7 Å². The van der Waals surface area contributed by atoms with Gasteiger partial charge in [-0.1, -0.05) is 61.7 Å². The van der Waals surface area contributed by atoms with Crippen LogP contribution < -0.4 is 10.1 Å². The van der Waals surface area contributed by atoms with Gasteiger partial charge in [0.25, 0.3) is 0 Å². The van der Waals surface area contributed by atoms with Crippen molar-refractivity contribution >= 4 is 16.9 Å². The summed E-state index contributed by atoms with van der Waals surface area (Å²) in [6.07, 6.45) is 7.78. The van der Waals surface area contributed by atoms with Crippen LogP contribution in [0.5, 0.6) is 5.75 Å². The van der Waals surface area contributed by atoms with E-state index < -0.39 is 0 Å². The predicted molar refractivity (Wildman–Crippen MR) is 124 cm³/mol. The van der Waals surface area contributed by atoms with E-state index in [-0.39, 0.29) is 0 Å². The van der Waals surface area contributed by atoms with E-state index in [0.717, 1.165) is 39.4 Å². The van der Waals surface area contributed by atoms with Gasteiger partial charge >= 0.3 is 0 Å². The number of ether oxygens (including phenoxy) is 1. The molecule has 31 heavy (non-hydrogen) atoms. The number of rotatable bonds is 6. The Balaban J connectivity index is 1.67. The summed E-state index contributed by atoms with van der Waals surface area (Å²) in [6, 6.07) is 18.8. The van der Waals surface area contributed by atoms with Crippen LogP contribution in [0, 0.1) is 0 Å². The molecule has 1 fully saturated rings. The smallest absolute Gasteiger partial charge is 0.232 e. The van der Waals surface area contributed by atoms with Gasteiger partial charge in [0, 0.05) is 17.2 Å². The first kappa shape index (κ1) is 19.6. The van der Waals surface area contributed by atoms with Crippen LogP contribution in [0.15, 0.2) is 65.3 Å². The number of hydrogen-bond acceptors (Lipinski definition) is 5. The SMILES string of the molecule is CCOc1ccc(-c2c(-c3ccccc3)oc3ncnc(NC4CCCCC4)c23)cc1. The molecule has 2 heterocycles. The molecule has 0 amide bonds. The number of nitrogens with zero attached hydrogens (tertiary/aromatic N) is 2. The van der Waals surface area contributed by atoms with E-state index in [4.69, 9.17) is 9.15 Å². The second kappa shape index (κ2) is 8.80. The molecule has 5 nitrogen and oxygen atoms in total. The van der Waals surface area contributed by atoms with E-state index >= 15 is 0 Å². The van der Waals surface area contributed by atoms with Crippen LogP contribution >= 0.6 is 0 Å². The number of furan rings is 1. The highest BCUT2D eigenvalue weighted by Crippen LogP contribution is 2.43. The van der Waals surface area contributed by atoms with E-state index in [9.17, 15) is 0 Å². The van der Waals surface area contributed by atoms with Crippen molar-refractivity contribution < 1.29 is 9.15 Å². The molecule has 0 saturated heterocycles. The van der Waals surface area contributed by atoms with Crippen molar-refractivity contribution in [3.05, 3.63) is 60.9 Å². The van der Waals surface area contributed by atoms with Gasteiger partial charge in [-0.05, 0) is 37.5 Å². The third-order valence-electron chi connectivity index (χ3n) is 5.92. The summed E-state index contributed by atoms with van der Waals surface area (Å²) in [5.41, 5.74) is 3.70. The van der Waals surface area contributed by atoms with Gasteiger partial charge < -0.3 is 14.5 Å². The van der Waals surface area contributed by atoms with Crippen molar-refractivity contribution in [2.45, 2.75) is 45.1 Å². The molecule has 0 aliphatic heterocycles. The Bertz CT molecular complexity index is 1150. The molecule has 0 atom stereocenters. The summed E-state index contributed by atoms with van der Waals surface area (Å²) < 4.78 is 12.0. The predicted octanol–water partition coefficient (Wildman–Crippen LogP) is 6.70. The minimum absolute atomic E-state index is 0.440. The molecule has 1 aliphatic rings. The second-order valence-electron chi connectivity index (χ2n) is 8.01. The summed E-state index contributed by atoms with van der Waals surface area (Å²) in [5, 5.41) is 4.64. The zero-order chi connectivity index (χ0) is 21.0. The number of fused-ring (bicyclic) bond motifs is 1. The molecule has 1 aliphatic carbocycles. The van der Waals surface area contributed by atoms with E-state index in [2.05, 4.69) is 39.6 Å². The minimum Gasteiger partial charge on any atom is -0.494 e. The molecule has 0 spiro atoms. The lowest BCUT2D eigenvalue weighted by atomic mass is 9.95. The number of anilines is 1. The molecule has 1 N–H and O–H groups in total. The van der Waals surface area contributed by atoms with Gasteiger partial charge in [-0.15, -0.1) is 0 Å². The zero-order valence-corrected chi connectivity index (χ0v) is 17.8. The Hall–Kier alpha value is -3.34. The fourth-order valence-corrected chi connectivity index (χ4v) is 4.44. The fourth-order valence-electron chi connectivity index (χ4n) is 4.44. The highest BCUT2D eigenvalue weighted by molar-refractivity contribution is 6.05. The van der Waals surface area contributed by atoms with Crippen LogP contribution in [-0.4, -0.2) is 22.6 Å². The molecule has 0 bridgehead atoms. The molecule has 0 radical (unpaired) electrons. The second-order valence-corrected chi connectivity index (χ2v) is 8.01. The third kappa shape index (κ3) is 4.00. The Morgan fingerprint density at radius 1 is 0.935 bits per heavy atom. The van der Waals surface area contributed by atoms with Crippen LogP contribution in [0.2, 0.25) is 0 Å². The van der Waals surface area contributed by atoms with Gasteiger partial charge in [0.2, 0.25) is 5.71 Å². The topological polar surface area (TPSA) is 60.2 Å². The van der Waals surface area contributed by atoms with Crippen LogP contribution in [-0.2, 0) is 0 Å². The van der Waals surface area contributed by atoms with Gasteiger partial charge in [-0.2, -0.15) is 0 Å². The van der Waals surface area contributed by atoms with Crippen molar-refractivity contribution in [2.24, 2.45) is 0 Å². The van der Waals surface area contributed by atoms with Crippen LogP contribution in [0.1, 0.15) is 39.0 Å². The molecule has 0 unspecified atom stereocenters. The fraction of sp³-hybridized carbons (Fsp3) is 0.308. The molecule has 4 aromatic rings. The number of nitrogens with one attached hydrogen (secondary N) is 1. The largest absolute Gasteiger partial charge is 0.494 e. The van der Waals surface area contributed by atoms with Gasteiger partial charge in [0.05, 0.1) is 12.0 Å². The Morgan fingerprint density at radius 2 is 1.71 bits per heavy atom. The molecule has 1 saturated carbocycles. The van der Waals surface area contributed by atoms with Crippen molar-refractivity contribution in [3.63, 3.8) is 0 Å². The third-order valence-corrected chi connectivity index (χ3v) is 5.92. The Morgan fingerprint density at radius 3 is 2.45 bits per heavy atom. The van der Waals surface area contributed by atoms with Crippen molar-refractivity contribution in [1.29, 1.82) is 0 Å². The lowest BCUT2D eigenvalue weighted by Gasteiger charge is -2.23. The van der Waals surface area contributed by atoms with Crippen molar-refractivity contribution in [3.8, 4) is 28.2 Å². The molecule has 158 valence electrons. The molecule has 5 rings (SSSR count). The summed E-state index contributed by atoms with van der Waals surface area (Å²) in [4.78, 5) is 9.11. The maximum atomic E-state index is 6.32. The molecule has 2 aromatic heterocycles. The van der Waals surface area contributed by atoms with Crippen LogP contribution in [0.25, 0.3) is 33.6 Å². The lowest BCUT2D eigenvalue weighted by Crippen LogP contribution is -2.23. The first-order valence-electron chi connectivity index (χ1n) is 11.2. The van der Waals surface area contributed by atoms with Crippen LogP contribution in [0.4, 0.5) is 5.82 Å². The van der Waals surface area contributed by atoms with Crippen LogP contribution in [0.3, 0.4) is 0 Å². The maximum Gasteiger partial charge on any atom is 0.232 e. The zero-order valence-electron chi connectivity index (χ0n) is 17.8. The van der Waals surface area contributed by atoms with Crippen molar-refractivity contribution in [2.75, 3.05) is 11.9 Å². The van der Waals surface area contributed by atoms with E-state index in [0.29, 0.717) is 18.4 Å². The van der Waals surface area contributed by atoms with E-state index in [1.165, 1.54) is 32.1 Å². The summed E-state index contributed by atoms with van der Waals surface area (Å²) in [6.45, 7) is 2.64. The first-order valence-corrected chi connectivity index (χ1v) is 11.2. The highest BCUT2D eigenvalue weighted by atomic mass is 16.5. The monoisotopic (exact) mass is 413 g/mol. The van der Waals surface area contributed by atoms with E-state index in [1.807, 2.05) is 37.3 Å². The quantitative estimate of drug-likeness (QED) is 0.381. The highest BCUT2D eigenvalue weighted by Gasteiger charge is 2.23. The van der Waals surface area contributed by atoms with Gasteiger partial charge in [0.15, 0.2) is 0 Å². The van der Waals surface area contributed by atoms with E-state index in [1.54, 1.807) is 6.33 Å².